The van der Waals surface area contributed by atoms with Gasteiger partial charge in [0.25, 0.3) is 0 Å². The fraction of sp³-hybridized carbons (Fsp3) is 0.400. The number of esters is 1. The molecule has 0 aliphatic carbocycles. The summed E-state index contributed by atoms with van der Waals surface area (Å²) in [6.45, 7) is 13.5. The molecule has 5 aromatic rings. The van der Waals surface area contributed by atoms with Crippen molar-refractivity contribution >= 4 is 35.0 Å². The van der Waals surface area contributed by atoms with Crippen molar-refractivity contribution in [1.29, 1.82) is 0 Å². The largest absolute Gasteiger partial charge is 0.456 e. The molecule has 5 N–H and O–H groups in total. The highest BCUT2D eigenvalue weighted by Crippen LogP contribution is 2.45. The number of H-pyrrole nitrogens is 1. The van der Waals surface area contributed by atoms with Crippen molar-refractivity contribution in [2.75, 3.05) is 12.3 Å². The van der Waals surface area contributed by atoms with E-state index in [0.29, 0.717) is 16.6 Å². The Kier molecular flexibility index (Phi) is 12.3. The zero-order chi connectivity index (χ0) is 42.7. The lowest BCUT2D eigenvalue weighted by molar-refractivity contribution is -0.160. The van der Waals surface area contributed by atoms with E-state index in [2.05, 4.69) is 20.3 Å². The third-order valence-corrected chi connectivity index (χ3v) is 10.00. The molecule has 2 aromatic heterocycles. The number of ether oxygens (including phenoxy) is 4. The monoisotopic (exact) mass is 806 g/mol. The van der Waals surface area contributed by atoms with E-state index in [-0.39, 0.29) is 12.4 Å². The van der Waals surface area contributed by atoms with E-state index < -0.39 is 71.2 Å². The molecule has 14 heteroatoms. The fourth-order valence-electron chi connectivity index (χ4n) is 7.48. The van der Waals surface area contributed by atoms with Crippen LogP contribution in [0.3, 0.4) is 0 Å². The van der Waals surface area contributed by atoms with Crippen LogP contribution in [0.4, 0.5) is 15.4 Å². The second-order valence-electron chi connectivity index (χ2n) is 17.0. The van der Waals surface area contributed by atoms with E-state index in [0.717, 1.165) is 16.7 Å². The number of carbonyl (C=O) groups is 3. The highest BCUT2D eigenvalue weighted by molar-refractivity contribution is 5.88. The number of hydrogen-bond acceptors (Lipinski definition) is 11. The first-order valence-electron chi connectivity index (χ1n) is 19.7. The van der Waals surface area contributed by atoms with Gasteiger partial charge in [-0.1, -0.05) is 105 Å². The first-order chi connectivity index (χ1) is 27.9. The van der Waals surface area contributed by atoms with Gasteiger partial charge in [-0.15, -0.1) is 0 Å². The Labute approximate surface area is 344 Å². The number of alkyl carbamates (subject to hydrolysis) is 1. The number of carbonyl (C=O) groups excluding carboxylic acids is 3. The molecule has 4 unspecified atom stereocenters. The summed E-state index contributed by atoms with van der Waals surface area (Å²) < 4.78 is 25.0. The smallest absolute Gasteiger partial charge is 0.411 e. The summed E-state index contributed by atoms with van der Waals surface area (Å²) in [6.07, 6.45) is -1.73. The summed E-state index contributed by atoms with van der Waals surface area (Å²) in [5.41, 5.74) is 6.63. The number of aromatic nitrogens is 3. The molecule has 1 fully saturated rings. The van der Waals surface area contributed by atoms with Crippen LogP contribution in [-0.2, 0) is 29.3 Å². The van der Waals surface area contributed by atoms with Crippen LogP contribution < -0.4 is 11.1 Å². The molecule has 1 saturated heterocycles. The second-order valence-corrected chi connectivity index (χ2v) is 17.0. The SMILES string of the molecule is CC(C)[C@H](NC(=O)OC(C)(C)C)C(=O)OC1C(O)C(c2c[nH]c3c(N)ncnc23)N(C(=O)OC(C)(C)C)C1COC(c1ccccc1)(c1ccccc1)c1ccccc1. The molecule has 5 atom stereocenters. The number of hydrogen-bond donors (Lipinski definition) is 4. The standard InChI is InChI=1S/C45H54N6O8/c1-27(2)33(50-41(54)58-43(3,4)5)40(53)57-38-32(25-56-45(28-18-12-9-13-19-28,29-20-14-10-15-21-29)30-22-16-11-17-23-30)51(42(55)59-44(6,7)8)36(37(38)52)31-24-47-35-34(31)48-26-49-39(35)46/h9-24,26-27,32-33,36-38,47,52H,25H2,1-8H3,(H,50,54)(H2,46,48,49)/t32?,33-,36?,37?,38?/m0/s1. The van der Waals surface area contributed by atoms with E-state index in [1.807, 2.05) is 91.0 Å². The zero-order valence-electron chi connectivity index (χ0n) is 34.7. The maximum absolute atomic E-state index is 14.7. The Bertz CT molecular complexity index is 2120. The first kappa shape index (κ1) is 42.6. The number of nitrogens with one attached hydrogen (secondary N) is 2. The van der Waals surface area contributed by atoms with Crippen molar-refractivity contribution < 1.29 is 38.4 Å². The molecule has 1 aliphatic rings. The maximum Gasteiger partial charge on any atom is 0.411 e. The molecule has 3 aromatic carbocycles. The quantitative estimate of drug-likeness (QED) is 0.0609. The molecule has 1 aliphatic heterocycles. The van der Waals surface area contributed by atoms with Crippen molar-refractivity contribution in [2.24, 2.45) is 5.92 Å². The Morgan fingerprint density at radius 2 is 1.36 bits per heavy atom. The molecule has 0 radical (unpaired) electrons. The number of nitrogen functional groups attached to an aromatic ring is 1. The molecule has 3 heterocycles. The van der Waals surface area contributed by atoms with Gasteiger partial charge in [-0.2, -0.15) is 0 Å². The van der Waals surface area contributed by atoms with E-state index in [4.69, 9.17) is 24.7 Å². The predicted octanol–water partition coefficient (Wildman–Crippen LogP) is 7.03. The van der Waals surface area contributed by atoms with Crippen molar-refractivity contribution in [3.8, 4) is 0 Å². The number of aliphatic hydroxyl groups is 1. The van der Waals surface area contributed by atoms with Crippen LogP contribution in [0.1, 0.15) is 83.7 Å². The molecular weight excluding hydrogens is 753 g/mol. The van der Waals surface area contributed by atoms with Crippen LogP contribution in [0.15, 0.2) is 104 Å². The molecular formula is C45H54N6O8. The van der Waals surface area contributed by atoms with Gasteiger partial charge in [0, 0.05) is 11.8 Å². The van der Waals surface area contributed by atoms with Gasteiger partial charge in [-0.05, 0) is 64.2 Å². The first-order valence-corrected chi connectivity index (χ1v) is 19.7. The number of fused-ring (bicyclic) bond motifs is 1. The number of aromatic amines is 1. The van der Waals surface area contributed by atoms with Crippen molar-refractivity contribution in [2.45, 2.75) is 103 Å². The third-order valence-electron chi connectivity index (χ3n) is 10.00. The number of nitrogens with two attached hydrogens (primary N) is 1. The average molecular weight is 807 g/mol. The fourth-order valence-corrected chi connectivity index (χ4v) is 7.48. The summed E-state index contributed by atoms with van der Waals surface area (Å²) in [4.78, 5) is 55.0. The Morgan fingerprint density at radius 1 is 0.831 bits per heavy atom. The van der Waals surface area contributed by atoms with E-state index in [9.17, 15) is 19.5 Å². The highest BCUT2D eigenvalue weighted by Gasteiger charge is 2.56. The maximum atomic E-state index is 14.7. The summed E-state index contributed by atoms with van der Waals surface area (Å²) >= 11 is 0. The molecule has 6 rings (SSSR count). The van der Waals surface area contributed by atoms with Gasteiger partial charge in [-0.3, -0.25) is 4.90 Å². The number of likely N-dealkylation sites (tertiary alicyclic amines) is 1. The lowest BCUT2D eigenvalue weighted by atomic mass is 9.80. The Hall–Kier alpha value is -5.99. The van der Waals surface area contributed by atoms with E-state index in [1.54, 1.807) is 61.6 Å². The number of rotatable bonds is 11. The number of nitrogens with zero attached hydrogens (tertiary/aromatic N) is 3. The molecule has 312 valence electrons. The lowest BCUT2D eigenvalue weighted by Gasteiger charge is -2.39. The summed E-state index contributed by atoms with van der Waals surface area (Å²) in [5, 5.41) is 15.2. The molecule has 14 nitrogen and oxygen atoms in total. The number of aliphatic hydroxyl groups excluding tert-OH is 1. The molecule has 0 spiro atoms. The van der Waals surface area contributed by atoms with Gasteiger partial charge < -0.3 is 40.1 Å². The number of amides is 2. The summed E-state index contributed by atoms with van der Waals surface area (Å²) in [6, 6.07) is 25.4. The van der Waals surface area contributed by atoms with Crippen molar-refractivity contribution in [1.82, 2.24) is 25.2 Å². The lowest BCUT2D eigenvalue weighted by Crippen LogP contribution is -2.52. The van der Waals surface area contributed by atoms with Crippen LogP contribution in [0, 0.1) is 5.92 Å². The molecule has 59 heavy (non-hydrogen) atoms. The topological polar surface area (TPSA) is 191 Å². The minimum absolute atomic E-state index is 0.159. The average Bonchev–Trinajstić information content (AvgIpc) is 3.72. The third kappa shape index (κ3) is 9.18. The molecule has 2 amide bonds. The van der Waals surface area contributed by atoms with Gasteiger partial charge in [0.2, 0.25) is 0 Å². The minimum Gasteiger partial charge on any atom is -0.456 e. The normalized spacial score (nSPS) is 19.1. The Balaban J connectivity index is 1.52. The molecule has 0 saturated carbocycles. The van der Waals surface area contributed by atoms with E-state index >= 15 is 0 Å². The predicted molar refractivity (Wildman–Crippen MR) is 222 cm³/mol. The Morgan fingerprint density at radius 3 is 1.85 bits per heavy atom. The van der Waals surface area contributed by atoms with E-state index in [1.165, 1.54) is 11.2 Å². The summed E-state index contributed by atoms with van der Waals surface area (Å²) in [5.74, 6) is -1.15. The van der Waals surface area contributed by atoms with Gasteiger partial charge in [0.05, 0.1) is 24.2 Å². The van der Waals surface area contributed by atoms with Crippen LogP contribution in [0.25, 0.3) is 11.0 Å². The summed E-state index contributed by atoms with van der Waals surface area (Å²) in [7, 11) is 0. The highest BCUT2D eigenvalue weighted by atomic mass is 16.6. The minimum atomic E-state index is -1.57. The van der Waals surface area contributed by atoms with Gasteiger partial charge in [-0.25, -0.2) is 24.4 Å². The van der Waals surface area contributed by atoms with Gasteiger partial charge >= 0.3 is 18.2 Å². The van der Waals surface area contributed by atoms with Gasteiger partial charge in [0.1, 0.15) is 40.8 Å². The van der Waals surface area contributed by atoms with Gasteiger partial charge in [0.15, 0.2) is 11.9 Å². The van der Waals surface area contributed by atoms with Crippen LogP contribution in [-0.4, -0.2) is 85.2 Å². The number of anilines is 1. The second kappa shape index (κ2) is 17.1. The van der Waals surface area contributed by atoms with Crippen molar-refractivity contribution in [3.63, 3.8) is 0 Å². The molecule has 0 bridgehead atoms. The zero-order valence-corrected chi connectivity index (χ0v) is 34.7. The van der Waals surface area contributed by atoms with Crippen LogP contribution in [0.2, 0.25) is 0 Å². The van der Waals surface area contributed by atoms with Crippen LogP contribution >= 0.6 is 0 Å². The number of benzene rings is 3. The van der Waals surface area contributed by atoms with Crippen LogP contribution in [0.5, 0.6) is 0 Å². The van der Waals surface area contributed by atoms with Crippen molar-refractivity contribution in [3.05, 3.63) is 126 Å².